The van der Waals surface area contributed by atoms with Gasteiger partial charge >= 0.3 is 0 Å². The molecule has 0 aliphatic carbocycles. The van der Waals surface area contributed by atoms with Gasteiger partial charge < -0.3 is 14.6 Å². The third kappa shape index (κ3) is 3.62. The summed E-state index contributed by atoms with van der Waals surface area (Å²) in [5.41, 5.74) is 3.59. The molecule has 1 N–H and O–H groups in total. The van der Waals surface area contributed by atoms with E-state index in [1.54, 1.807) is 11.0 Å². The Bertz CT molecular complexity index is 945. The van der Waals surface area contributed by atoms with E-state index in [2.05, 4.69) is 5.32 Å². The first-order valence-corrected chi connectivity index (χ1v) is 9.03. The molecule has 0 atom stereocenters. The standard InChI is InChI=1S/C22H20N2O3/c25-20-7-4-13-24(20)18-10-8-16(9-11-18)15-23-22(26)21-19(12-14-27-21)17-5-2-1-3-6-17/h1-3,5-6,8-12,14H,4,7,13,15H2,(H,23,26). The van der Waals surface area contributed by atoms with Gasteiger partial charge in [0.2, 0.25) is 5.91 Å². The number of hydrogen-bond donors (Lipinski definition) is 1. The van der Waals surface area contributed by atoms with Gasteiger partial charge in [-0.15, -0.1) is 0 Å². The fraction of sp³-hybridized carbons (Fsp3) is 0.182. The predicted molar refractivity (Wildman–Crippen MR) is 103 cm³/mol. The molecule has 3 aromatic rings. The molecule has 5 heteroatoms. The Kier molecular flexibility index (Phi) is 4.75. The first kappa shape index (κ1) is 17.1. The van der Waals surface area contributed by atoms with Crippen molar-refractivity contribution in [2.24, 2.45) is 0 Å². The first-order valence-electron chi connectivity index (χ1n) is 9.03. The van der Waals surface area contributed by atoms with E-state index in [9.17, 15) is 9.59 Å². The molecule has 0 unspecified atom stereocenters. The van der Waals surface area contributed by atoms with E-state index in [0.717, 1.165) is 35.3 Å². The van der Waals surface area contributed by atoms with Crippen LogP contribution in [0.4, 0.5) is 5.69 Å². The summed E-state index contributed by atoms with van der Waals surface area (Å²) in [6.07, 6.45) is 3.05. The van der Waals surface area contributed by atoms with E-state index < -0.39 is 0 Å². The Morgan fingerprint density at radius 1 is 1.04 bits per heavy atom. The third-order valence-corrected chi connectivity index (χ3v) is 4.73. The Hall–Kier alpha value is -3.34. The molecule has 2 amide bonds. The van der Waals surface area contributed by atoms with Crippen LogP contribution in [0.25, 0.3) is 11.1 Å². The number of hydrogen-bond acceptors (Lipinski definition) is 3. The molecule has 1 aromatic heterocycles. The second kappa shape index (κ2) is 7.50. The molecule has 2 aromatic carbocycles. The van der Waals surface area contributed by atoms with Gasteiger partial charge in [0.1, 0.15) is 0 Å². The molecule has 0 spiro atoms. The highest BCUT2D eigenvalue weighted by Crippen LogP contribution is 2.25. The summed E-state index contributed by atoms with van der Waals surface area (Å²) in [6, 6.07) is 19.2. The summed E-state index contributed by atoms with van der Waals surface area (Å²) < 4.78 is 5.41. The van der Waals surface area contributed by atoms with Crippen LogP contribution in [-0.2, 0) is 11.3 Å². The predicted octanol–water partition coefficient (Wildman–Crippen LogP) is 4.00. The van der Waals surface area contributed by atoms with Gasteiger partial charge in [0.05, 0.1) is 6.26 Å². The van der Waals surface area contributed by atoms with Gasteiger partial charge in [-0.05, 0) is 35.7 Å². The highest BCUT2D eigenvalue weighted by atomic mass is 16.3. The molecule has 1 saturated heterocycles. The Balaban J connectivity index is 1.42. The number of furan rings is 1. The van der Waals surface area contributed by atoms with E-state index in [-0.39, 0.29) is 11.8 Å². The summed E-state index contributed by atoms with van der Waals surface area (Å²) in [6.45, 7) is 1.16. The molecule has 1 aliphatic rings. The highest BCUT2D eigenvalue weighted by molar-refractivity contribution is 5.98. The van der Waals surface area contributed by atoms with Gasteiger partial charge in [0.15, 0.2) is 5.76 Å². The average molecular weight is 360 g/mol. The Morgan fingerprint density at radius 3 is 2.52 bits per heavy atom. The minimum absolute atomic E-state index is 0.169. The minimum atomic E-state index is -0.252. The van der Waals surface area contributed by atoms with Crippen molar-refractivity contribution in [2.75, 3.05) is 11.4 Å². The molecule has 0 bridgehead atoms. The number of nitrogens with zero attached hydrogens (tertiary/aromatic N) is 1. The van der Waals surface area contributed by atoms with Crippen molar-refractivity contribution in [3.63, 3.8) is 0 Å². The molecule has 5 nitrogen and oxygen atoms in total. The SMILES string of the molecule is O=C(NCc1ccc(N2CCCC2=O)cc1)c1occc1-c1ccccc1. The fourth-order valence-electron chi connectivity index (χ4n) is 3.31. The average Bonchev–Trinajstić information content (AvgIpc) is 3.36. The molecular formula is C22H20N2O3. The number of rotatable bonds is 5. The van der Waals surface area contributed by atoms with Crippen molar-refractivity contribution < 1.29 is 14.0 Å². The molecule has 136 valence electrons. The second-order valence-electron chi connectivity index (χ2n) is 6.53. The van der Waals surface area contributed by atoms with Crippen LogP contribution in [0.3, 0.4) is 0 Å². The number of nitrogens with one attached hydrogen (secondary N) is 1. The van der Waals surface area contributed by atoms with Crippen molar-refractivity contribution in [3.05, 3.63) is 78.3 Å². The second-order valence-corrected chi connectivity index (χ2v) is 6.53. The molecule has 1 fully saturated rings. The van der Waals surface area contributed by atoms with Crippen LogP contribution in [0.15, 0.2) is 71.3 Å². The normalized spacial score (nSPS) is 13.8. The van der Waals surface area contributed by atoms with Gasteiger partial charge in [-0.1, -0.05) is 42.5 Å². The number of anilines is 1. The lowest BCUT2D eigenvalue weighted by atomic mass is 10.1. The van der Waals surface area contributed by atoms with Crippen LogP contribution >= 0.6 is 0 Å². The van der Waals surface area contributed by atoms with Gasteiger partial charge in [0.25, 0.3) is 5.91 Å². The van der Waals surface area contributed by atoms with E-state index in [1.165, 1.54) is 6.26 Å². The molecular weight excluding hydrogens is 340 g/mol. The fourth-order valence-corrected chi connectivity index (χ4v) is 3.31. The van der Waals surface area contributed by atoms with Crippen molar-refractivity contribution >= 4 is 17.5 Å². The molecule has 2 heterocycles. The van der Waals surface area contributed by atoms with Crippen LogP contribution < -0.4 is 10.2 Å². The lowest BCUT2D eigenvalue weighted by Crippen LogP contribution is -2.24. The lowest BCUT2D eigenvalue weighted by molar-refractivity contribution is -0.117. The van der Waals surface area contributed by atoms with Crippen LogP contribution in [0.1, 0.15) is 29.0 Å². The molecule has 0 saturated carbocycles. The zero-order valence-electron chi connectivity index (χ0n) is 14.9. The summed E-state index contributed by atoms with van der Waals surface area (Å²) in [4.78, 5) is 26.2. The van der Waals surface area contributed by atoms with Crippen LogP contribution in [0.2, 0.25) is 0 Å². The quantitative estimate of drug-likeness (QED) is 0.748. The zero-order valence-corrected chi connectivity index (χ0v) is 14.9. The molecule has 1 aliphatic heterocycles. The maximum absolute atomic E-state index is 12.5. The smallest absolute Gasteiger partial charge is 0.287 e. The number of amides is 2. The van der Waals surface area contributed by atoms with Crippen LogP contribution in [0.5, 0.6) is 0 Å². The summed E-state index contributed by atoms with van der Waals surface area (Å²) in [5, 5.41) is 2.90. The summed E-state index contributed by atoms with van der Waals surface area (Å²) >= 11 is 0. The zero-order chi connectivity index (χ0) is 18.6. The van der Waals surface area contributed by atoms with Crippen molar-refractivity contribution in [3.8, 4) is 11.1 Å². The maximum atomic E-state index is 12.5. The number of carbonyl (C=O) groups is 2. The largest absolute Gasteiger partial charge is 0.459 e. The monoisotopic (exact) mass is 360 g/mol. The van der Waals surface area contributed by atoms with Crippen molar-refractivity contribution in [1.82, 2.24) is 5.32 Å². The Labute approximate surface area is 157 Å². The van der Waals surface area contributed by atoms with Gasteiger partial charge in [-0.25, -0.2) is 0 Å². The van der Waals surface area contributed by atoms with Crippen molar-refractivity contribution in [1.29, 1.82) is 0 Å². The molecule has 4 rings (SSSR count). The topological polar surface area (TPSA) is 62.6 Å². The minimum Gasteiger partial charge on any atom is -0.459 e. The van der Waals surface area contributed by atoms with E-state index in [0.29, 0.717) is 18.7 Å². The van der Waals surface area contributed by atoms with Gasteiger partial charge in [-0.2, -0.15) is 0 Å². The van der Waals surface area contributed by atoms with Crippen molar-refractivity contribution in [2.45, 2.75) is 19.4 Å². The lowest BCUT2D eigenvalue weighted by Gasteiger charge is -2.16. The van der Waals surface area contributed by atoms with Crippen LogP contribution in [0, 0.1) is 0 Å². The van der Waals surface area contributed by atoms with Gasteiger partial charge in [-0.3, -0.25) is 9.59 Å². The number of carbonyl (C=O) groups excluding carboxylic acids is 2. The van der Waals surface area contributed by atoms with Crippen LogP contribution in [-0.4, -0.2) is 18.4 Å². The maximum Gasteiger partial charge on any atom is 0.287 e. The first-order chi connectivity index (χ1) is 13.2. The molecule has 27 heavy (non-hydrogen) atoms. The molecule has 0 radical (unpaired) electrons. The highest BCUT2D eigenvalue weighted by Gasteiger charge is 2.21. The summed E-state index contributed by atoms with van der Waals surface area (Å²) in [5.74, 6) is 0.223. The Morgan fingerprint density at radius 2 is 1.81 bits per heavy atom. The van der Waals surface area contributed by atoms with E-state index >= 15 is 0 Å². The van der Waals surface area contributed by atoms with Gasteiger partial charge in [0, 0.05) is 30.8 Å². The van der Waals surface area contributed by atoms with E-state index in [1.807, 2.05) is 54.6 Å². The third-order valence-electron chi connectivity index (χ3n) is 4.73. The number of benzene rings is 2. The van der Waals surface area contributed by atoms with E-state index in [4.69, 9.17) is 4.42 Å². The summed E-state index contributed by atoms with van der Waals surface area (Å²) in [7, 11) is 0.